The van der Waals surface area contributed by atoms with Crippen LogP contribution in [0.5, 0.6) is 0 Å². The number of nitrogens with one attached hydrogen (secondary N) is 2. The molecule has 1 aliphatic carbocycles. The Morgan fingerprint density at radius 2 is 1.69 bits per heavy atom. The van der Waals surface area contributed by atoms with E-state index in [9.17, 15) is 9.59 Å². The van der Waals surface area contributed by atoms with Crippen molar-refractivity contribution >= 4 is 28.6 Å². The lowest BCUT2D eigenvalue weighted by molar-refractivity contribution is 0.0827. The van der Waals surface area contributed by atoms with Crippen LogP contribution in [0, 0.1) is 11.3 Å². The second-order valence-electron chi connectivity index (χ2n) is 9.98. The van der Waals surface area contributed by atoms with Gasteiger partial charge in [0.15, 0.2) is 0 Å². The van der Waals surface area contributed by atoms with Crippen LogP contribution >= 0.6 is 0 Å². The van der Waals surface area contributed by atoms with Gasteiger partial charge in [0.1, 0.15) is 5.69 Å². The number of rotatable bonds is 7. The van der Waals surface area contributed by atoms with E-state index in [1.54, 1.807) is 19.0 Å². The highest BCUT2D eigenvalue weighted by Gasteiger charge is 2.23. The van der Waals surface area contributed by atoms with E-state index < -0.39 is 0 Å². The fourth-order valence-corrected chi connectivity index (χ4v) is 4.84. The minimum atomic E-state index is -0.0772. The number of hydrogen-bond donors (Lipinski definition) is 2. The number of fused-ring (bicyclic) bond motifs is 1. The van der Waals surface area contributed by atoms with E-state index in [1.165, 1.54) is 0 Å². The maximum Gasteiger partial charge on any atom is 0.268 e. The average molecular weight is 489 g/mol. The molecule has 2 N–H and O–H groups in total. The zero-order valence-electron chi connectivity index (χ0n) is 21.6. The highest BCUT2D eigenvalue weighted by atomic mass is 16.5. The molecule has 4 rings (SSSR count). The van der Waals surface area contributed by atoms with Crippen molar-refractivity contribution in [3.8, 4) is 0 Å². The zero-order valence-corrected chi connectivity index (χ0v) is 21.6. The standard InChI is InChI=1S/C29H36N4O3/c1-5-36-27(30)23-13-12-22-16-26(28(34)31-24-14-6-19(2)7-15-24)33(25(22)17-23)18-20-8-10-21(11-9-20)29(35)32(3)4/h8-13,16-17,19,24,30H,5-7,14-15,18H2,1-4H3,(H,31,34). The first-order chi connectivity index (χ1) is 17.3. The number of benzene rings is 2. The van der Waals surface area contributed by atoms with E-state index in [0.29, 0.717) is 35.9 Å². The number of hydrogen-bond acceptors (Lipinski definition) is 4. The molecule has 7 nitrogen and oxygen atoms in total. The van der Waals surface area contributed by atoms with Crippen LogP contribution in [0.15, 0.2) is 48.5 Å². The van der Waals surface area contributed by atoms with Crippen molar-refractivity contribution in [1.82, 2.24) is 14.8 Å². The van der Waals surface area contributed by atoms with Crippen LogP contribution < -0.4 is 5.32 Å². The normalized spacial score (nSPS) is 17.6. The van der Waals surface area contributed by atoms with Crippen LogP contribution in [-0.4, -0.2) is 53.9 Å². The van der Waals surface area contributed by atoms with Crippen LogP contribution in [0.2, 0.25) is 0 Å². The van der Waals surface area contributed by atoms with Crippen molar-refractivity contribution in [2.75, 3.05) is 20.7 Å². The van der Waals surface area contributed by atoms with Gasteiger partial charge in [0.2, 0.25) is 5.90 Å². The van der Waals surface area contributed by atoms with Gasteiger partial charge in [0, 0.05) is 48.7 Å². The third-order valence-corrected chi connectivity index (χ3v) is 6.99. The van der Waals surface area contributed by atoms with Crippen LogP contribution in [0.4, 0.5) is 0 Å². The van der Waals surface area contributed by atoms with E-state index in [-0.39, 0.29) is 23.8 Å². The number of carbonyl (C=O) groups excluding carboxylic acids is 2. The molecule has 1 fully saturated rings. The number of nitrogens with zero attached hydrogens (tertiary/aromatic N) is 2. The Bertz CT molecular complexity index is 1250. The van der Waals surface area contributed by atoms with Crippen molar-refractivity contribution < 1.29 is 14.3 Å². The Balaban J connectivity index is 1.68. The summed E-state index contributed by atoms with van der Waals surface area (Å²) in [5.74, 6) is 0.701. The fraction of sp³-hybridized carbons (Fsp3) is 0.414. The molecule has 1 saturated carbocycles. The number of ether oxygens (including phenoxy) is 1. The molecule has 190 valence electrons. The van der Waals surface area contributed by atoms with Crippen molar-refractivity contribution in [1.29, 1.82) is 5.41 Å². The summed E-state index contributed by atoms with van der Waals surface area (Å²) in [5.41, 5.74) is 3.74. The SMILES string of the molecule is CCOC(=N)c1ccc2cc(C(=O)NC3CCC(C)CC3)n(Cc3ccc(C(=O)N(C)C)cc3)c2c1. The summed E-state index contributed by atoms with van der Waals surface area (Å²) in [5, 5.41) is 12.4. The summed E-state index contributed by atoms with van der Waals surface area (Å²) in [7, 11) is 3.47. The van der Waals surface area contributed by atoms with Crippen LogP contribution in [0.25, 0.3) is 10.9 Å². The van der Waals surface area contributed by atoms with Gasteiger partial charge < -0.3 is 19.5 Å². The van der Waals surface area contributed by atoms with Crippen molar-refractivity contribution in [2.24, 2.45) is 5.92 Å². The largest absolute Gasteiger partial charge is 0.478 e. The summed E-state index contributed by atoms with van der Waals surface area (Å²) >= 11 is 0. The van der Waals surface area contributed by atoms with Crippen molar-refractivity contribution in [3.63, 3.8) is 0 Å². The minimum absolute atomic E-state index is 0.0473. The molecule has 1 aliphatic rings. The molecule has 1 aromatic heterocycles. The third kappa shape index (κ3) is 5.61. The molecular weight excluding hydrogens is 452 g/mol. The maximum atomic E-state index is 13.5. The Kier molecular flexibility index (Phi) is 7.77. The van der Waals surface area contributed by atoms with Crippen LogP contribution in [0.1, 0.15) is 71.5 Å². The third-order valence-electron chi connectivity index (χ3n) is 6.99. The van der Waals surface area contributed by atoms with Crippen molar-refractivity contribution in [3.05, 3.63) is 70.9 Å². The average Bonchev–Trinajstić information content (AvgIpc) is 3.23. The van der Waals surface area contributed by atoms with Gasteiger partial charge in [0.25, 0.3) is 11.8 Å². The van der Waals surface area contributed by atoms with E-state index in [4.69, 9.17) is 10.1 Å². The predicted molar refractivity (Wildman–Crippen MR) is 143 cm³/mol. The highest BCUT2D eigenvalue weighted by Crippen LogP contribution is 2.26. The second-order valence-corrected chi connectivity index (χ2v) is 9.98. The summed E-state index contributed by atoms with van der Waals surface area (Å²) in [4.78, 5) is 27.3. The van der Waals surface area contributed by atoms with Gasteiger partial charge in [-0.2, -0.15) is 0 Å². The monoisotopic (exact) mass is 488 g/mol. The smallest absolute Gasteiger partial charge is 0.268 e. The molecule has 36 heavy (non-hydrogen) atoms. The van der Waals surface area contributed by atoms with Crippen molar-refractivity contribution in [2.45, 2.75) is 52.1 Å². The highest BCUT2D eigenvalue weighted by molar-refractivity contribution is 6.01. The Morgan fingerprint density at radius 1 is 1.03 bits per heavy atom. The van der Waals surface area contributed by atoms with Gasteiger partial charge in [-0.3, -0.25) is 15.0 Å². The number of aromatic nitrogens is 1. The topological polar surface area (TPSA) is 87.4 Å². The molecule has 0 spiro atoms. The number of amides is 2. The molecule has 0 radical (unpaired) electrons. The summed E-state index contributed by atoms with van der Waals surface area (Å²) in [6.07, 6.45) is 4.28. The second kappa shape index (κ2) is 11.0. The Labute approximate surface area is 212 Å². The van der Waals surface area contributed by atoms with E-state index >= 15 is 0 Å². The lowest BCUT2D eigenvalue weighted by atomic mass is 9.87. The number of carbonyl (C=O) groups is 2. The molecule has 3 aromatic rings. The Morgan fingerprint density at radius 3 is 2.33 bits per heavy atom. The first kappa shape index (κ1) is 25.5. The molecule has 0 aliphatic heterocycles. The first-order valence-electron chi connectivity index (χ1n) is 12.7. The summed E-state index contributed by atoms with van der Waals surface area (Å²) in [6, 6.07) is 15.3. The lowest BCUT2D eigenvalue weighted by Gasteiger charge is -2.27. The quantitative estimate of drug-likeness (QED) is 0.360. The van der Waals surface area contributed by atoms with E-state index in [0.717, 1.165) is 42.1 Å². The first-order valence-corrected chi connectivity index (χ1v) is 12.7. The Hall–Kier alpha value is -3.61. The lowest BCUT2D eigenvalue weighted by Crippen LogP contribution is -2.38. The van der Waals surface area contributed by atoms with E-state index in [1.807, 2.05) is 60.0 Å². The maximum absolute atomic E-state index is 13.5. The summed E-state index contributed by atoms with van der Waals surface area (Å²) < 4.78 is 7.41. The molecule has 0 saturated heterocycles. The van der Waals surface area contributed by atoms with Gasteiger partial charge in [-0.25, -0.2) is 0 Å². The fourth-order valence-electron chi connectivity index (χ4n) is 4.84. The molecule has 0 atom stereocenters. The van der Waals surface area contributed by atoms with Crippen LogP contribution in [-0.2, 0) is 11.3 Å². The van der Waals surface area contributed by atoms with Gasteiger partial charge in [-0.15, -0.1) is 0 Å². The van der Waals surface area contributed by atoms with E-state index in [2.05, 4.69) is 12.2 Å². The molecule has 1 heterocycles. The summed E-state index contributed by atoms with van der Waals surface area (Å²) in [6.45, 7) is 5.01. The van der Waals surface area contributed by atoms with Gasteiger partial charge in [0.05, 0.1) is 6.61 Å². The molecule has 2 aromatic carbocycles. The predicted octanol–water partition coefficient (Wildman–Crippen LogP) is 5.06. The van der Waals surface area contributed by atoms with Crippen LogP contribution in [0.3, 0.4) is 0 Å². The molecule has 0 bridgehead atoms. The van der Waals surface area contributed by atoms with Gasteiger partial charge in [-0.05, 0) is 74.4 Å². The molecule has 7 heteroatoms. The molecule has 0 unspecified atom stereocenters. The molecule has 2 amide bonds. The van der Waals surface area contributed by atoms with Gasteiger partial charge >= 0.3 is 0 Å². The minimum Gasteiger partial charge on any atom is -0.478 e. The van der Waals surface area contributed by atoms with Gasteiger partial charge in [-0.1, -0.05) is 25.1 Å². The molecular formula is C29H36N4O3. The zero-order chi connectivity index (χ0) is 25.8.